The van der Waals surface area contributed by atoms with Crippen LogP contribution in [0.4, 0.5) is 0 Å². The van der Waals surface area contributed by atoms with Gasteiger partial charge in [0.25, 0.3) is 0 Å². The Morgan fingerprint density at radius 3 is 2.47 bits per heavy atom. The molecule has 1 aromatic rings. The molecule has 1 saturated carbocycles. The Morgan fingerprint density at radius 2 is 1.94 bits per heavy atom. The molecule has 0 amide bonds. The van der Waals surface area contributed by atoms with Gasteiger partial charge in [0.05, 0.1) is 0 Å². The van der Waals surface area contributed by atoms with Crippen LogP contribution in [0.3, 0.4) is 0 Å². The molecule has 1 aromatic carbocycles. The van der Waals surface area contributed by atoms with Gasteiger partial charge in [-0.05, 0) is 31.9 Å². The molecule has 1 aliphatic rings. The van der Waals surface area contributed by atoms with Crippen LogP contribution in [-0.2, 0) is 4.74 Å². The third-order valence-corrected chi connectivity index (χ3v) is 3.33. The molecule has 0 saturated heterocycles. The van der Waals surface area contributed by atoms with Gasteiger partial charge >= 0.3 is 0 Å². The van der Waals surface area contributed by atoms with Crippen molar-refractivity contribution in [3.05, 3.63) is 29.3 Å². The average molecular weight is 235 g/mol. The first-order valence-electron chi connectivity index (χ1n) is 6.23. The fourth-order valence-electron chi connectivity index (χ4n) is 2.29. The van der Waals surface area contributed by atoms with Crippen LogP contribution in [0.2, 0.25) is 0 Å². The zero-order chi connectivity index (χ0) is 12.4. The zero-order valence-electron chi connectivity index (χ0n) is 10.8. The maximum absolute atomic E-state index is 6.04. The summed E-state index contributed by atoms with van der Waals surface area (Å²) in [6.45, 7) is 6.80. The van der Waals surface area contributed by atoms with Gasteiger partial charge in [-0.2, -0.15) is 0 Å². The van der Waals surface area contributed by atoms with Crippen LogP contribution in [0.25, 0.3) is 0 Å². The second-order valence-electron chi connectivity index (χ2n) is 4.70. The number of hydrogen-bond donors (Lipinski definition) is 1. The van der Waals surface area contributed by atoms with E-state index in [0.717, 1.165) is 12.2 Å². The van der Waals surface area contributed by atoms with E-state index in [1.165, 1.54) is 11.1 Å². The summed E-state index contributed by atoms with van der Waals surface area (Å²) in [4.78, 5) is 0. The van der Waals surface area contributed by atoms with Crippen molar-refractivity contribution >= 4 is 0 Å². The maximum Gasteiger partial charge on any atom is 0.128 e. The molecule has 0 aromatic heterocycles. The molecule has 17 heavy (non-hydrogen) atoms. The van der Waals surface area contributed by atoms with Gasteiger partial charge in [0.1, 0.15) is 18.0 Å². The summed E-state index contributed by atoms with van der Waals surface area (Å²) in [7, 11) is 0. The van der Waals surface area contributed by atoms with Crippen molar-refractivity contribution in [1.82, 2.24) is 0 Å². The summed E-state index contributed by atoms with van der Waals surface area (Å²) in [6, 6.07) is 6.29. The number of hydrogen-bond acceptors (Lipinski definition) is 3. The van der Waals surface area contributed by atoms with Crippen molar-refractivity contribution in [2.45, 2.75) is 45.4 Å². The maximum atomic E-state index is 6.04. The highest BCUT2D eigenvalue weighted by Crippen LogP contribution is 2.31. The van der Waals surface area contributed by atoms with Crippen molar-refractivity contribution in [2.24, 2.45) is 5.73 Å². The Bertz CT molecular complexity index is 372. The third kappa shape index (κ3) is 2.45. The lowest BCUT2D eigenvalue weighted by Gasteiger charge is -2.42. The predicted octanol–water partition coefficient (Wildman–Crippen LogP) is 2.19. The molecule has 3 unspecified atom stereocenters. The highest BCUT2D eigenvalue weighted by atomic mass is 16.5. The Hall–Kier alpha value is -1.06. The molecule has 3 heteroatoms. The Labute approximate surface area is 103 Å². The molecule has 2 N–H and O–H groups in total. The Morgan fingerprint density at radius 1 is 1.29 bits per heavy atom. The quantitative estimate of drug-likeness (QED) is 0.870. The smallest absolute Gasteiger partial charge is 0.128 e. The monoisotopic (exact) mass is 235 g/mol. The number of aryl methyl sites for hydroxylation is 2. The van der Waals surface area contributed by atoms with E-state index in [0.29, 0.717) is 6.61 Å². The summed E-state index contributed by atoms with van der Waals surface area (Å²) in [5, 5.41) is 0. The normalized spacial score (nSPS) is 27.6. The molecule has 0 spiro atoms. The number of benzene rings is 1. The van der Waals surface area contributed by atoms with E-state index in [1.54, 1.807) is 0 Å². The first-order valence-corrected chi connectivity index (χ1v) is 6.23. The van der Waals surface area contributed by atoms with E-state index in [2.05, 4.69) is 26.0 Å². The lowest BCUT2D eigenvalue weighted by atomic mass is 9.86. The summed E-state index contributed by atoms with van der Waals surface area (Å²) in [6.07, 6.45) is 1.02. The minimum atomic E-state index is 0.0407. The van der Waals surface area contributed by atoms with Crippen molar-refractivity contribution in [3.8, 4) is 5.75 Å². The van der Waals surface area contributed by atoms with Gasteiger partial charge in [0.2, 0.25) is 0 Å². The SMILES string of the molecule is CCOC1C(N)CC1Oc1c(C)cccc1C. The molecule has 1 aliphatic carbocycles. The first kappa shape index (κ1) is 12.4. The number of rotatable bonds is 4. The van der Waals surface area contributed by atoms with Crippen LogP contribution in [0, 0.1) is 13.8 Å². The third-order valence-electron chi connectivity index (χ3n) is 3.33. The van der Waals surface area contributed by atoms with Gasteiger partial charge in [-0.3, -0.25) is 0 Å². The molecule has 0 bridgehead atoms. The summed E-state index contributed by atoms with van der Waals surface area (Å²) >= 11 is 0. The van der Waals surface area contributed by atoms with Gasteiger partial charge in [0.15, 0.2) is 0 Å². The lowest BCUT2D eigenvalue weighted by molar-refractivity contribution is -0.0949. The second kappa shape index (κ2) is 5.07. The van der Waals surface area contributed by atoms with Gasteiger partial charge in [-0.15, -0.1) is 0 Å². The average Bonchev–Trinajstić information content (AvgIpc) is 2.29. The molecule has 0 radical (unpaired) electrons. The van der Waals surface area contributed by atoms with E-state index in [9.17, 15) is 0 Å². The van der Waals surface area contributed by atoms with E-state index in [4.69, 9.17) is 15.2 Å². The lowest BCUT2D eigenvalue weighted by Crippen LogP contribution is -2.59. The topological polar surface area (TPSA) is 44.5 Å². The van der Waals surface area contributed by atoms with Crippen LogP contribution in [-0.4, -0.2) is 24.9 Å². The minimum Gasteiger partial charge on any atom is -0.487 e. The van der Waals surface area contributed by atoms with Crippen LogP contribution < -0.4 is 10.5 Å². The largest absolute Gasteiger partial charge is 0.487 e. The fourth-order valence-corrected chi connectivity index (χ4v) is 2.29. The van der Waals surface area contributed by atoms with Gasteiger partial charge < -0.3 is 15.2 Å². The molecule has 3 atom stereocenters. The molecule has 1 fully saturated rings. The van der Waals surface area contributed by atoms with Crippen molar-refractivity contribution in [2.75, 3.05) is 6.61 Å². The van der Waals surface area contributed by atoms with Gasteiger partial charge in [-0.25, -0.2) is 0 Å². The van der Waals surface area contributed by atoms with Crippen molar-refractivity contribution < 1.29 is 9.47 Å². The molecule has 94 valence electrons. The predicted molar refractivity (Wildman–Crippen MR) is 68.3 cm³/mol. The van der Waals surface area contributed by atoms with Gasteiger partial charge in [0, 0.05) is 19.1 Å². The highest BCUT2D eigenvalue weighted by Gasteiger charge is 2.41. The van der Waals surface area contributed by atoms with Crippen LogP contribution in [0.1, 0.15) is 24.5 Å². The van der Waals surface area contributed by atoms with Crippen LogP contribution >= 0.6 is 0 Å². The Kier molecular flexibility index (Phi) is 3.69. The van der Waals surface area contributed by atoms with Crippen molar-refractivity contribution in [3.63, 3.8) is 0 Å². The van der Waals surface area contributed by atoms with Crippen molar-refractivity contribution in [1.29, 1.82) is 0 Å². The van der Waals surface area contributed by atoms with E-state index < -0.39 is 0 Å². The molecule has 3 nitrogen and oxygen atoms in total. The molecular formula is C14H21NO2. The number of nitrogens with two attached hydrogens (primary N) is 1. The van der Waals surface area contributed by atoms with Crippen LogP contribution in [0.5, 0.6) is 5.75 Å². The van der Waals surface area contributed by atoms with E-state index >= 15 is 0 Å². The summed E-state index contributed by atoms with van der Waals surface area (Å²) in [5.41, 5.74) is 8.26. The highest BCUT2D eigenvalue weighted by molar-refractivity contribution is 5.40. The van der Waals surface area contributed by atoms with Crippen LogP contribution in [0.15, 0.2) is 18.2 Å². The first-order chi connectivity index (χ1) is 8.13. The number of ether oxygens (including phenoxy) is 2. The zero-order valence-corrected chi connectivity index (χ0v) is 10.8. The number of para-hydroxylation sites is 1. The van der Waals surface area contributed by atoms with Gasteiger partial charge in [-0.1, -0.05) is 18.2 Å². The van der Waals surface area contributed by atoms with E-state index in [-0.39, 0.29) is 18.2 Å². The standard InChI is InChI=1S/C14H21NO2/c1-4-16-14-11(15)8-12(14)17-13-9(2)6-5-7-10(13)3/h5-7,11-12,14H,4,8,15H2,1-3H3. The second-order valence-corrected chi connectivity index (χ2v) is 4.70. The summed E-state index contributed by atoms with van der Waals surface area (Å²) in [5.74, 6) is 0.981. The molecule has 0 aliphatic heterocycles. The molecule has 2 rings (SSSR count). The Balaban J connectivity index is 2.06. The fraction of sp³-hybridized carbons (Fsp3) is 0.571. The molecular weight excluding hydrogens is 214 g/mol. The summed E-state index contributed by atoms with van der Waals surface area (Å²) < 4.78 is 11.6. The minimum absolute atomic E-state index is 0.0407. The van der Waals surface area contributed by atoms with E-state index in [1.807, 2.05) is 13.0 Å². The molecule has 0 heterocycles.